The molecule has 1 unspecified atom stereocenters. The van der Waals surface area contributed by atoms with Crippen LogP contribution in [0.25, 0.3) is 0 Å². The largest absolute Gasteiger partial charge is 0.357 e. The Hall–Kier alpha value is -1.34. The maximum absolute atomic E-state index is 8.29. The average Bonchev–Trinajstić information content (AvgIpc) is 1.90. The molecule has 0 amide bonds. The van der Waals surface area contributed by atoms with Crippen LogP contribution in [0.2, 0.25) is 0 Å². The summed E-state index contributed by atoms with van der Waals surface area (Å²) in [6.07, 6.45) is 2.60. The number of rotatable bonds is 0. The third-order valence-corrected chi connectivity index (χ3v) is 0.913. The fraction of sp³-hybridized carbons (Fsp3) is 0.200. The Kier molecular flexibility index (Phi) is 1.47. The number of allylic oxidation sites excluding steroid dienone is 1. The highest BCUT2D eigenvalue weighted by Crippen LogP contribution is 1.91. The maximum atomic E-state index is 8.29. The van der Waals surface area contributed by atoms with E-state index in [0.717, 1.165) is 0 Å². The average molecular weight is 122 g/mol. The summed E-state index contributed by atoms with van der Waals surface area (Å²) in [5.74, 6) is 0. The van der Waals surface area contributed by atoms with Gasteiger partial charge in [-0.3, -0.25) is 10.7 Å². The summed E-state index contributed by atoms with van der Waals surface area (Å²) < 4.78 is 0. The normalized spacial score (nSPS) is 24.0. The van der Waals surface area contributed by atoms with Gasteiger partial charge in [0.25, 0.3) is 0 Å². The summed E-state index contributed by atoms with van der Waals surface area (Å²) in [6, 6.07) is 1.92. The van der Waals surface area contributed by atoms with Gasteiger partial charge in [0, 0.05) is 12.4 Å². The van der Waals surface area contributed by atoms with Crippen LogP contribution in [0.4, 0.5) is 0 Å². The lowest BCUT2D eigenvalue weighted by atomic mass is 10.3. The lowest BCUT2D eigenvalue weighted by Gasteiger charge is -2.09. The lowest BCUT2D eigenvalue weighted by molar-refractivity contribution is 0.637. The summed E-state index contributed by atoms with van der Waals surface area (Å²) in [5, 5.41) is 11.0. The van der Waals surface area contributed by atoms with Crippen molar-refractivity contribution in [3.05, 3.63) is 11.8 Å². The van der Waals surface area contributed by atoms with Crippen molar-refractivity contribution in [2.24, 2.45) is 10.7 Å². The van der Waals surface area contributed by atoms with E-state index in [1.807, 2.05) is 6.07 Å². The highest BCUT2D eigenvalue weighted by molar-refractivity contribution is 5.84. The van der Waals surface area contributed by atoms with Crippen molar-refractivity contribution in [3.63, 3.8) is 0 Å². The quantitative estimate of drug-likeness (QED) is 0.446. The smallest absolute Gasteiger partial charge is 0.170 e. The van der Waals surface area contributed by atoms with E-state index >= 15 is 0 Å². The molecule has 0 aromatic rings. The second-order valence-corrected chi connectivity index (χ2v) is 1.60. The van der Waals surface area contributed by atoms with Gasteiger partial charge in [0.15, 0.2) is 6.29 Å². The molecule has 1 heterocycles. The minimum absolute atomic E-state index is 0.387. The van der Waals surface area contributed by atoms with E-state index in [9.17, 15) is 0 Å². The molecule has 0 bridgehead atoms. The third kappa shape index (κ3) is 1.27. The molecule has 4 heteroatoms. The molecule has 0 radical (unpaired) electrons. The van der Waals surface area contributed by atoms with E-state index in [4.69, 9.17) is 11.0 Å². The Labute approximate surface area is 52.7 Å². The number of hydrogen-bond donors (Lipinski definition) is 2. The second-order valence-electron chi connectivity index (χ2n) is 1.60. The number of hydrogen-bond acceptors (Lipinski definition) is 4. The van der Waals surface area contributed by atoms with Gasteiger partial charge in [-0.05, 0) is 0 Å². The monoisotopic (exact) mass is 122 g/mol. The molecule has 1 rings (SSSR count). The molecule has 0 aliphatic carbocycles. The van der Waals surface area contributed by atoms with Crippen molar-refractivity contribution in [2.75, 3.05) is 0 Å². The molecule has 1 atom stereocenters. The first-order valence-corrected chi connectivity index (χ1v) is 2.48. The summed E-state index contributed by atoms with van der Waals surface area (Å²) in [5.41, 5.74) is 5.79. The molecule has 0 fully saturated rings. The van der Waals surface area contributed by atoms with Crippen LogP contribution in [0.3, 0.4) is 0 Å². The van der Waals surface area contributed by atoms with E-state index in [-0.39, 0.29) is 6.29 Å². The van der Waals surface area contributed by atoms with Crippen LogP contribution in [-0.4, -0.2) is 12.5 Å². The van der Waals surface area contributed by atoms with Crippen molar-refractivity contribution < 1.29 is 0 Å². The van der Waals surface area contributed by atoms with Crippen LogP contribution < -0.4 is 11.1 Å². The topological polar surface area (TPSA) is 74.2 Å². The summed E-state index contributed by atoms with van der Waals surface area (Å²) in [7, 11) is 0. The minimum Gasteiger partial charge on any atom is -0.357 e. The second kappa shape index (κ2) is 2.29. The molecule has 0 aromatic heterocycles. The molecule has 0 aromatic carbocycles. The fourth-order valence-electron chi connectivity index (χ4n) is 0.477. The number of nitriles is 1. The molecule has 0 spiro atoms. The first-order valence-electron chi connectivity index (χ1n) is 2.48. The van der Waals surface area contributed by atoms with Gasteiger partial charge < -0.3 is 5.32 Å². The van der Waals surface area contributed by atoms with Gasteiger partial charge >= 0.3 is 0 Å². The Bertz CT molecular complexity index is 197. The number of nitrogens with zero attached hydrogens (tertiary/aromatic N) is 2. The molecule has 4 nitrogen and oxygen atoms in total. The highest BCUT2D eigenvalue weighted by Gasteiger charge is 2.00. The van der Waals surface area contributed by atoms with Crippen molar-refractivity contribution in [1.82, 2.24) is 5.32 Å². The zero-order valence-corrected chi connectivity index (χ0v) is 4.70. The van der Waals surface area contributed by atoms with Crippen molar-refractivity contribution in [1.29, 1.82) is 5.26 Å². The molecule has 3 N–H and O–H groups in total. The first-order chi connectivity index (χ1) is 4.33. The SMILES string of the molecule is N#CC1=CNC(N)N=C1. The predicted molar refractivity (Wildman–Crippen MR) is 33.3 cm³/mol. The van der Waals surface area contributed by atoms with E-state index < -0.39 is 0 Å². The zero-order chi connectivity index (χ0) is 6.69. The summed E-state index contributed by atoms with van der Waals surface area (Å²) >= 11 is 0. The van der Waals surface area contributed by atoms with Crippen molar-refractivity contribution >= 4 is 6.21 Å². The standard InChI is InChI=1S/C5H6N4/c6-1-4-2-8-5(7)9-3-4/h2-3,5,8H,7H2. The van der Waals surface area contributed by atoms with E-state index in [2.05, 4.69) is 10.3 Å². The minimum atomic E-state index is -0.387. The zero-order valence-electron chi connectivity index (χ0n) is 4.70. The molecule has 9 heavy (non-hydrogen) atoms. The Morgan fingerprint density at radius 2 is 2.67 bits per heavy atom. The van der Waals surface area contributed by atoms with Gasteiger partial charge in [-0.2, -0.15) is 5.26 Å². The number of nitrogens with one attached hydrogen (secondary N) is 1. The molecule has 0 saturated carbocycles. The Balaban J connectivity index is 2.66. The fourth-order valence-corrected chi connectivity index (χ4v) is 0.477. The Morgan fingerprint density at radius 1 is 1.89 bits per heavy atom. The maximum Gasteiger partial charge on any atom is 0.170 e. The van der Waals surface area contributed by atoms with E-state index in [0.29, 0.717) is 5.57 Å². The van der Waals surface area contributed by atoms with Gasteiger partial charge in [0.05, 0.1) is 5.57 Å². The molecule has 1 aliphatic heterocycles. The van der Waals surface area contributed by atoms with Crippen LogP contribution in [0.1, 0.15) is 0 Å². The number of nitrogens with two attached hydrogens (primary N) is 1. The first kappa shape index (κ1) is 5.79. The summed E-state index contributed by atoms with van der Waals surface area (Å²) in [6.45, 7) is 0. The van der Waals surface area contributed by atoms with Crippen LogP contribution >= 0.6 is 0 Å². The Morgan fingerprint density at radius 3 is 3.11 bits per heavy atom. The van der Waals surface area contributed by atoms with E-state index in [1.165, 1.54) is 12.4 Å². The molecular formula is C5H6N4. The van der Waals surface area contributed by atoms with Crippen LogP contribution in [0.15, 0.2) is 16.8 Å². The predicted octanol–water partition coefficient (Wildman–Crippen LogP) is -0.690. The van der Waals surface area contributed by atoms with Gasteiger partial charge in [-0.1, -0.05) is 0 Å². The van der Waals surface area contributed by atoms with Crippen LogP contribution in [-0.2, 0) is 0 Å². The molecule has 0 saturated heterocycles. The van der Waals surface area contributed by atoms with E-state index in [1.54, 1.807) is 0 Å². The van der Waals surface area contributed by atoms with Crippen molar-refractivity contribution in [3.8, 4) is 6.07 Å². The highest BCUT2D eigenvalue weighted by atomic mass is 15.2. The summed E-state index contributed by atoms with van der Waals surface area (Å²) in [4.78, 5) is 3.73. The lowest BCUT2D eigenvalue weighted by Crippen LogP contribution is -2.34. The van der Waals surface area contributed by atoms with Crippen LogP contribution in [0.5, 0.6) is 0 Å². The molecular weight excluding hydrogens is 116 g/mol. The van der Waals surface area contributed by atoms with Gasteiger partial charge in [-0.25, -0.2) is 0 Å². The van der Waals surface area contributed by atoms with Crippen LogP contribution in [0, 0.1) is 11.3 Å². The molecule has 1 aliphatic rings. The van der Waals surface area contributed by atoms with Gasteiger partial charge in [-0.15, -0.1) is 0 Å². The van der Waals surface area contributed by atoms with Gasteiger partial charge in [0.1, 0.15) is 6.07 Å². The number of aliphatic imine (C=N–C) groups is 1. The molecule has 46 valence electrons. The van der Waals surface area contributed by atoms with Crippen molar-refractivity contribution in [2.45, 2.75) is 6.29 Å². The van der Waals surface area contributed by atoms with Gasteiger partial charge in [0.2, 0.25) is 0 Å². The third-order valence-electron chi connectivity index (χ3n) is 0.913.